The van der Waals surface area contributed by atoms with Crippen LogP contribution in [0.2, 0.25) is 0 Å². The van der Waals surface area contributed by atoms with Crippen molar-refractivity contribution in [1.82, 2.24) is 4.90 Å². The highest BCUT2D eigenvalue weighted by molar-refractivity contribution is 5.94. The highest BCUT2D eigenvalue weighted by atomic mass is 19.1. The highest BCUT2D eigenvalue weighted by Crippen LogP contribution is 2.17. The number of imide groups is 1. The molecule has 0 N–H and O–H groups in total. The fourth-order valence-electron chi connectivity index (χ4n) is 1.87. The van der Waals surface area contributed by atoms with E-state index < -0.39 is 24.7 Å². The summed E-state index contributed by atoms with van der Waals surface area (Å²) in [4.78, 5) is 23.4. The van der Waals surface area contributed by atoms with E-state index in [9.17, 15) is 14.0 Å². The summed E-state index contributed by atoms with van der Waals surface area (Å²) in [6.45, 7) is -1.06. The van der Waals surface area contributed by atoms with E-state index in [-0.39, 0.29) is 6.61 Å². The van der Waals surface area contributed by atoms with Crippen LogP contribution in [-0.4, -0.2) is 36.2 Å². The van der Waals surface area contributed by atoms with Crippen LogP contribution in [0.1, 0.15) is 5.56 Å². The molecule has 1 aliphatic heterocycles. The molecule has 5 heteroatoms. The van der Waals surface area contributed by atoms with Crippen LogP contribution in [-0.2, 0) is 16.0 Å². The third-order valence-corrected chi connectivity index (χ3v) is 2.66. The molecule has 1 atom stereocenters. The second kappa shape index (κ2) is 4.95. The lowest BCUT2D eigenvalue weighted by molar-refractivity contribution is -0.130. The molecule has 1 fully saturated rings. The van der Waals surface area contributed by atoms with Gasteiger partial charge in [-0.25, -0.2) is 14.1 Å². The molecule has 4 nitrogen and oxygen atoms in total. The van der Waals surface area contributed by atoms with Crippen molar-refractivity contribution in [3.05, 3.63) is 35.9 Å². The largest absolute Gasteiger partial charge is 0.447 e. The molecule has 0 aliphatic carbocycles. The number of amides is 2. The van der Waals surface area contributed by atoms with E-state index in [0.717, 1.165) is 10.5 Å². The maximum atomic E-state index is 12.3. The van der Waals surface area contributed by atoms with Crippen LogP contribution in [0.15, 0.2) is 30.3 Å². The molecule has 90 valence electrons. The van der Waals surface area contributed by atoms with Gasteiger partial charge in [0, 0.05) is 0 Å². The fourth-order valence-corrected chi connectivity index (χ4v) is 1.87. The number of hydrogen-bond donors (Lipinski definition) is 0. The maximum absolute atomic E-state index is 12.3. The number of alkyl halides is 1. The Labute approximate surface area is 98.0 Å². The zero-order valence-electron chi connectivity index (χ0n) is 9.14. The first-order valence-electron chi connectivity index (χ1n) is 5.31. The Bertz CT molecular complexity index is 421. The van der Waals surface area contributed by atoms with Crippen molar-refractivity contribution >= 4 is 12.0 Å². The van der Waals surface area contributed by atoms with Gasteiger partial charge in [-0.1, -0.05) is 30.3 Å². The van der Waals surface area contributed by atoms with E-state index in [1.807, 2.05) is 30.3 Å². The molecule has 2 amide bonds. The summed E-state index contributed by atoms with van der Waals surface area (Å²) in [5, 5.41) is 0. The summed E-state index contributed by atoms with van der Waals surface area (Å²) < 4.78 is 17.1. The Kier molecular flexibility index (Phi) is 3.37. The van der Waals surface area contributed by atoms with Gasteiger partial charge in [0.15, 0.2) is 6.67 Å². The van der Waals surface area contributed by atoms with Crippen molar-refractivity contribution in [2.24, 2.45) is 0 Å². The SMILES string of the molecule is O=C(CF)N1C(=O)OC[C@H]1Cc1ccccc1. The first kappa shape index (κ1) is 11.6. The van der Waals surface area contributed by atoms with Crippen molar-refractivity contribution in [3.8, 4) is 0 Å². The van der Waals surface area contributed by atoms with E-state index in [1.165, 1.54) is 0 Å². The smallest absolute Gasteiger partial charge is 0.417 e. The first-order chi connectivity index (χ1) is 8.22. The quantitative estimate of drug-likeness (QED) is 0.801. The summed E-state index contributed by atoms with van der Waals surface area (Å²) in [6, 6.07) is 8.99. The Morgan fingerprint density at radius 1 is 1.41 bits per heavy atom. The van der Waals surface area contributed by atoms with Crippen molar-refractivity contribution < 1.29 is 18.7 Å². The average Bonchev–Trinajstić information content (AvgIpc) is 2.71. The second-order valence-corrected chi connectivity index (χ2v) is 3.82. The number of hydrogen-bond acceptors (Lipinski definition) is 3. The zero-order chi connectivity index (χ0) is 12.3. The Hall–Kier alpha value is -1.91. The standard InChI is InChI=1S/C12H12FNO3/c13-7-11(15)14-10(8-17-12(14)16)6-9-4-2-1-3-5-9/h1-5,10H,6-8H2/t10-/m1/s1. The Morgan fingerprint density at radius 3 is 2.76 bits per heavy atom. The molecular weight excluding hydrogens is 225 g/mol. The molecule has 1 aliphatic rings. The van der Waals surface area contributed by atoms with Gasteiger partial charge < -0.3 is 4.74 Å². The highest BCUT2D eigenvalue weighted by Gasteiger charge is 2.37. The van der Waals surface area contributed by atoms with Crippen LogP contribution in [0.4, 0.5) is 9.18 Å². The minimum absolute atomic E-state index is 0.124. The summed E-state index contributed by atoms with van der Waals surface area (Å²) in [7, 11) is 0. The topological polar surface area (TPSA) is 46.6 Å². The van der Waals surface area contributed by atoms with Gasteiger partial charge in [-0.3, -0.25) is 4.79 Å². The zero-order valence-corrected chi connectivity index (χ0v) is 9.14. The summed E-state index contributed by atoms with van der Waals surface area (Å²) in [5.74, 6) is -0.839. The Balaban J connectivity index is 2.10. The minimum atomic E-state index is -1.18. The van der Waals surface area contributed by atoms with Crippen molar-refractivity contribution in [2.75, 3.05) is 13.3 Å². The van der Waals surface area contributed by atoms with Gasteiger partial charge in [-0.05, 0) is 12.0 Å². The monoisotopic (exact) mass is 237 g/mol. The average molecular weight is 237 g/mol. The number of ether oxygens (including phenoxy) is 1. The van der Waals surface area contributed by atoms with Gasteiger partial charge in [0.1, 0.15) is 6.61 Å². The van der Waals surface area contributed by atoms with Gasteiger partial charge >= 0.3 is 6.09 Å². The molecule has 0 bridgehead atoms. The summed E-state index contributed by atoms with van der Waals surface area (Å²) in [6.07, 6.45) is -0.271. The fraction of sp³-hybridized carbons (Fsp3) is 0.333. The van der Waals surface area contributed by atoms with E-state index in [0.29, 0.717) is 6.42 Å². The van der Waals surface area contributed by atoms with Gasteiger partial charge in [0.25, 0.3) is 5.91 Å². The van der Waals surface area contributed by atoms with E-state index in [2.05, 4.69) is 0 Å². The molecule has 1 saturated heterocycles. The third kappa shape index (κ3) is 2.43. The molecule has 2 rings (SSSR count). The molecule has 1 heterocycles. The normalized spacial score (nSPS) is 19.2. The minimum Gasteiger partial charge on any atom is -0.447 e. The molecular formula is C12H12FNO3. The number of rotatable bonds is 3. The summed E-state index contributed by atoms with van der Waals surface area (Å²) >= 11 is 0. The van der Waals surface area contributed by atoms with Crippen LogP contribution in [0, 0.1) is 0 Å². The molecule has 1 aromatic carbocycles. The Morgan fingerprint density at radius 2 is 2.12 bits per heavy atom. The number of cyclic esters (lactones) is 1. The molecule has 0 radical (unpaired) electrons. The van der Waals surface area contributed by atoms with Crippen LogP contribution in [0.25, 0.3) is 0 Å². The number of nitrogens with zero attached hydrogens (tertiary/aromatic N) is 1. The van der Waals surface area contributed by atoms with Gasteiger partial charge in [0.05, 0.1) is 6.04 Å². The molecule has 0 spiro atoms. The third-order valence-electron chi connectivity index (χ3n) is 2.66. The van der Waals surface area contributed by atoms with Gasteiger partial charge in [0.2, 0.25) is 0 Å². The van der Waals surface area contributed by atoms with Crippen LogP contribution < -0.4 is 0 Å². The molecule has 17 heavy (non-hydrogen) atoms. The predicted molar refractivity (Wildman–Crippen MR) is 58.1 cm³/mol. The lowest BCUT2D eigenvalue weighted by Crippen LogP contribution is -2.41. The molecule has 0 unspecified atom stereocenters. The predicted octanol–water partition coefficient (Wildman–Crippen LogP) is 1.55. The second-order valence-electron chi connectivity index (χ2n) is 3.82. The maximum Gasteiger partial charge on any atom is 0.417 e. The molecule has 0 aromatic heterocycles. The van der Waals surface area contributed by atoms with Crippen molar-refractivity contribution in [3.63, 3.8) is 0 Å². The summed E-state index contributed by atoms with van der Waals surface area (Å²) in [5.41, 5.74) is 0.979. The van der Waals surface area contributed by atoms with Gasteiger partial charge in [-0.15, -0.1) is 0 Å². The van der Waals surface area contributed by atoms with Gasteiger partial charge in [-0.2, -0.15) is 0 Å². The number of benzene rings is 1. The van der Waals surface area contributed by atoms with E-state index in [1.54, 1.807) is 0 Å². The lowest BCUT2D eigenvalue weighted by atomic mass is 10.1. The van der Waals surface area contributed by atoms with E-state index in [4.69, 9.17) is 4.74 Å². The number of halogens is 1. The van der Waals surface area contributed by atoms with E-state index >= 15 is 0 Å². The first-order valence-corrected chi connectivity index (χ1v) is 5.31. The van der Waals surface area contributed by atoms with Crippen LogP contribution in [0.3, 0.4) is 0 Å². The van der Waals surface area contributed by atoms with Crippen LogP contribution >= 0.6 is 0 Å². The number of carbonyl (C=O) groups excluding carboxylic acids is 2. The number of carbonyl (C=O) groups is 2. The lowest BCUT2D eigenvalue weighted by Gasteiger charge is -2.17. The molecule has 0 saturated carbocycles. The molecule has 1 aromatic rings. The van der Waals surface area contributed by atoms with Crippen molar-refractivity contribution in [2.45, 2.75) is 12.5 Å². The van der Waals surface area contributed by atoms with Crippen molar-refractivity contribution in [1.29, 1.82) is 0 Å². The van der Waals surface area contributed by atoms with Crippen LogP contribution in [0.5, 0.6) is 0 Å².